The summed E-state index contributed by atoms with van der Waals surface area (Å²) in [5.74, 6) is -0.741. The summed E-state index contributed by atoms with van der Waals surface area (Å²) >= 11 is 0. The van der Waals surface area contributed by atoms with Crippen molar-refractivity contribution >= 4 is 11.9 Å². The molecule has 1 atom stereocenters. The fourth-order valence-corrected chi connectivity index (χ4v) is 4.46. The average molecular weight is 358 g/mol. The molecule has 0 spiro atoms. The number of aliphatic carboxylic acids is 1. The molecule has 3 rings (SSSR count). The van der Waals surface area contributed by atoms with Crippen molar-refractivity contribution in [2.75, 3.05) is 13.1 Å². The summed E-state index contributed by atoms with van der Waals surface area (Å²) in [5.41, 5.74) is 0.512. The van der Waals surface area contributed by atoms with Gasteiger partial charge in [-0.1, -0.05) is 24.3 Å². The van der Waals surface area contributed by atoms with Crippen LogP contribution < -0.4 is 5.32 Å². The zero-order chi connectivity index (χ0) is 18.7. The molecule has 0 aromatic heterocycles. The van der Waals surface area contributed by atoms with E-state index < -0.39 is 11.5 Å². The number of amides is 1. The van der Waals surface area contributed by atoms with Crippen LogP contribution in [-0.4, -0.2) is 41.0 Å². The van der Waals surface area contributed by atoms with Crippen LogP contribution >= 0.6 is 0 Å². The Kier molecular flexibility index (Phi) is 5.66. The molecular formula is C21H30N2O3. The zero-order valence-electron chi connectivity index (χ0n) is 15.8. The van der Waals surface area contributed by atoms with Gasteiger partial charge in [0, 0.05) is 12.5 Å². The summed E-state index contributed by atoms with van der Waals surface area (Å²) < 4.78 is 0. The molecule has 1 unspecified atom stereocenters. The number of hydrogen-bond acceptors (Lipinski definition) is 3. The number of carboxylic acids is 1. The fraction of sp³-hybridized carbons (Fsp3) is 0.619. The lowest BCUT2D eigenvalue weighted by Crippen LogP contribution is -2.54. The molecule has 1 fully saturated rings. The highest BCUT2D eigenvalue weighted by molar-refractivity contribution is 5.89. The van der Waals surface area contributed by atoms with Crippen LogP contribution in [0.4, 0.5) is 0 Å². The van der Waals surface area contributed by atoms with E-state index in [4.69, 9.17) is 0 Å². The van der Waals surface area contributed by atoms with Gasteiger partial charge >= 0.3 is 5.97 Å². The van der Waals surface area contributed by atoms with E-state index >= 15 is 0 Å². The van der Waals surface area contributed by atoms with E-state index in [1.165, 1.54) is 0 Å². The molecule has 2 N–H and O–H groups in total. The number of carbonyl (C=O) groups excluding carboxylic acids is 1. The highest BCUT2D eigenvalue weighted by Gasteiger charge is 2.45. The molecule has 1 saturated heterocycles. The van der Waals surface area contributed by atoms with E-state index in [9.17, 15) is 14.7 Å². The summed E-state index contributed by atoms with van der Waals surface area (Å²) in [4.78, 5) is 27.3. The molecule has 0 radical (unpaired) electrons. The minimum Gasteiger partial charge on any atom is -0.479 e. The second-order valence-electron chi connectivity index (χ2n) is 8.05. The largest absolute Gasteiger partial charge is 0.479 e. The molecule has 1 aliphatic carbocycles. The van der Waals surface area contributed by atoms with Gasteiger partial charge in [-0.2, -0.15) is 0 Å². The topological polar surface area (TPSA) is 69.6 Å². The third-order valence-corrected chi connectivity index (χ3v) is 6.05. The number of piperidine rings is 1. The van der Waals surface area contributed by atoms with Gasteiger partial charge in [-0.3, -0.25) is 4.79 Å². The van der Waals surface area contributed by atoms with Crippen molar-refractivity contribution in [2.24, 2.45) is 5.92 Å². The summed E-state index contributed by atoms with van der Waals surface area (Å²) in [6.45, 7) is 6.43. The van der Waals surface area contributed by atoms with Crippen molar-refractivity contribution in [3.05, 3.63) is 35.4 Å². The number of nitrogens with zero attached hydrogens (tertiary/aromatic N) is 1. The number of benzene rings is 1. The molecule has 1 aromatic rings. The summed E-state index contributed by atoms with van der Waals surface area (Å²) in [5, 5.41) is 12.9. The molecule has 5 nitrogen and oxygen atoms in total. The van der Waals surface area contributed by atoms with Crippen molar-refractivity contribution in [3.63, 3.8) is 0 Å². The lowest BCUT2D eigenvalue weighted by Gasteiger charge is -2.37. The van der Waals surface area contributed by atoms with Gasteiger partial charge in [0.15, 0.2) is 5.54 Å². The maximum absolute atomic E-state index is 12.7. The zero-order valence-corrected chi connectivity index (χ0v) is 15.8. The van der Waals surface area contributed by atoms with E-state index in [0.717, 1.165) is 49.9 Å². The molecule has 142 valence electrons. The first-order chi connectivity index (χ1) is 12.4. The predicted octanol–water partition coefficient (Wildman–Crippen LogP) is 2.93. The van der Waals surface area contributed by atoms with Crippen molar-refractivity contribution in [3.8, 4) is 0 Å². The van der Waals surface area contributed by atoms with Gasteiger partial charge in [0.05, 0.1) is 0 Å². The van der Waals surface area contributed by atoms with Crippen LogP contribution in [0.3, 0.4) is 0 Å². The second kappa shape index (κ2) is 7.78. The van der Waals surface area contributed by atoms with Crippen molar-refractivity contribution in [2.45, 2.75) is 64.0 Å². The Labute approximate surface area is 155 Å². The first kappa shape index (κ1) is 18.9. The van der Waals surface area contributed by atoms with Crippen molar-refractivity contribution in [1.29, 1.82) is 0 Å². The maximum atomic E-state index is 12.7. The van der Waals surface area contributed by atoms with E-state index in [1.54, 1.807) is 0 Å². The highest BCUT2D eigenvalue weighted by atomic mass is 16.4. The average Bonchev–Trinajstić information content (AvgIpc) is 2.62. The third-order valence-electron chi connectivity index (χ3n) is 6.05. The highest BCUT2D eigenvalue weighted by Crippen LogP contribution is 2.36. The van der Waals surface area contributed by atoms with Gasteiger partial charge in [0.25, 0.3) is 0 Å². The SMILES string of the molecule is CC(C)N1CCC(CC(=O)NC2(C(=O)O)CCCc3ccccc32)CC1. The van der Waals surface area contributed by atoms with Gasteiger partial charge in [-0.05, 0) is 76.1 Å². The second-order valence-corrected chi connectivity index (χ2v) is 8.05. The number of hydrogen-bond donors (Lipinski definition) is 2. The van der Waals surface area contributed by atoms with Crippen LogP contribution in [0.15, 0.2) is 24.3 Å². The number of fused-ring (bicyclic) bond motifs is 1. The summed E-state index contributed by atoms with van der Waals surface area (Å²) in [6.07, 6.45) is 4.52. The molecule has 1 aromatic carbocycles. The summed E-state index contributed by atoms with van der Waals surface area (Å²) in [7, 11) is 0. The number of carbonyl (C=O) groups is 2. The minimum absolute atomic E-state index is 0.132. The Morgan fingerprint density at radius 1 is 1.27 bits per heavy atom. The van der Waals surface area contributed by atoms with Crippen molar-refractivity contribution in [1.82, 2.24) is 10.2 Å². The van der Waals surface area contributed by atoms with Crippen LogP contribution in [0.2, 0.25) is 0 Å². The molecule has 1 heterocycles. The smallest absolute Gasteiger partial charge is 0.334 e. The molecule has 2 aliphatic rings. The molecule has 0 bridgehead atoms. The molecule has 26 heavy (non-hydrogen) atoms. The Bertz CT molecular complexity index is 665. The van der Waals surface area contributed by atoms with Crippen LogP contribution in [0.1, 0.15) is 57.1 Å². The Balaban J connectivity index is 1.68. The Morgan fingerprint density at radius 2 is 1.96 bits per heavy atom. The van der Waals surface area contributed by atoms with Crippen molar-refractivity contribution < 1.29 is 14.7 Å². The number of aryl methyl sites for hydroxylation is 1. The van der Waals surface area contributed by atoms with E-state index in [0.29, 0.717) is 24.8 Å². The quantitative estimate of drug-likeness (QED) is 0.849. The Morgan fingerprint density at radius 3 is 2.62 bits per heavy atom. The monoisotopic (exact) mass is 358 g/mol. The van der Waals surface area contributed by atoms with Crippen LogP contribution in [0.5, 0.6) is 0 Å². The number of carboxylic acid groups (broad SMARTS) is 1. The standard InChI is InChI=1S/C21H30N2O3/c1-15(2)23-12-9-16(10-13-23)14-19(24)22-21(20(25)26)11-5-7-17-6-3-4-8-18(17)21/h3-4,6,8,15-16H,5,7,9-14H2,1-2H3,(H,22,24)(H,25,26). The summed E-state index contributed by atoms with van der Waals surface area (Å²) in [6, 6.07) is 8.15. The molecule has 1 amide bonds. The molecule has 5 heteroatoms. The first-order valence-electron chi connectivity index (χ1n) is 9.79. The molecule has 0 saturated carbocycles. The Hall–Kier alpha value is -1.88. The van der Waals surface area contributed by atoms with E-state index in [1.807, 2.05) is 24.3 Å². The minimum atomic E-state index is -1.27. The van der Waals surface area contributed by atoms with Gasteiger partial charge in [-0.15, -0.1) is 0 Å². The number of likely N-dealkylation sites (tertiary alicyclic amines) is 1. The fourth-order valence-electron chi connectivity index (χ4n) is 4.46. The normalized spacial score (nSPS) is 24.3. The third kappa shape index (κ3) is 3.78. The van der Waals surface area contributed by atoms with Gasteiger partial charge in [-0.25, -0.2) is 4.79 Å². The first-order valence-corrected chi connectivity index (χ1v) is 9.79. The van der Waals surface area contributed by atoms with Crippen LogP contribution in [0, 0.1) is 5.92 Å². The van der Waals surface area contributed by atoms with Crippen LogP contribution in [0.25, 0.3) is 0 Å². The maximum Gasteiger partial charge on any atom is 0.334 e. The predicted molar refractivity (Wildman–Crippen MR) is 101 cm³/mol. The van der Waals surface area contributed by atoms with E-state index in [2.05, 4.69) is 24.1 Å². The molecule has 1 aliphatic heterocycles. The van der Waals surface area contributed by atoms with Gasteiger partial charge in [0.1, 0.15) is 0 Å². The lowest BCUT2D eigenvalue weighted by atomic mass is 9.76. The van der Waals surface area contributed by atoms with Crippen LogP contribution in [-0.2, 0) is 21.5 Å². The number of nitrogens with one attached hydrogen (secondary N) is 1. The van der Waals surface area contributed by atoms with Gasteiger partial charge < -0.3 is 15.3 Å². The van der Waals surface area contributed by atoms with Gasteiger partial charge in [0.2, 0.25) is 5.91 Å². The number of rotatable bonds is 5. The van der Waals surface area contributed by atoms with E-state index in [-0.39, 0.29) is 5.91 Å². The molecular weight excluding hydrogens is 328 g/mol. The lowest BCUT2D eigenvalue weighted by molar-refractivity contribution is -0.149.